The zero-order valence-corrected chi connectivity index (χ0v) is 8.08. The van der Waals surface area contributed by atoms with Crippen molar-refractivity contribution < 1.29 is 4.79 Å². The summed E-state index contributed by atoms with van der Waals surface area (Å²) in [7, 11) is 0. The topological polar surface area (TPSA) is 43.1 Å². The number of primary amides is 1. The predicted octanol–water partition coefficient (Wildman–Crippen LogP) is 1.74. The van der Waals surface area contributed by atoms with Crippen LogP contribution in [0.25, 0.3) is 0 Å². The highest BCUT2D eigenvalue weighted by atomic mass is 16.1. The van der Waals surface area contributed by atoms with Crippen molar-refractivity contribution in [3.63, 3.8) is 0 Å². The number of carbonyl (C=O) groups is 1. The molecule has 2 N–H and O–H groups in total. The van der Waals surface area contributed by atoms with Crippen molar-refractivity contribution in [3.05, 3.63) is 35.9 Å². The van der Waals surface area contributed by atoms with Crippen LogP contribution in [0, 0.1) is 5.41 Å². The summed E-state index contributed by atoms with van der Waals surface area (Å²) in [6.45, 7) is 3.73. The second kappa shape index (κ2) is 3.60. The van der Waals surface area contributed by atoms with E-state index in [-0.39, 0.29) is 5.91 Å². The Balaban J connectivity index is 2.75. The normalized spacial score (nSPS) is 11.2. The Morgan fingerprint density at radius 1 is 1.31 bits per heavy atom. The average Bonchev–Trinajstić information content (AvgIpc) is 2.05. The van der Waals surface area contributed by atoms with Gasteiger partial charge in [-0.1, -0.05) is 44.2 Å². The fourth-order valence-electron chi connectivity index (χ4n) is 1.19. The van der Waals surface area contributed by atoms with Crippen LogP contribution in [-0.2, 0) is 11.2 Å². The minimum absolute atomic E-state index is 0.253. The van der Waals surface area contributed by atoms with Gasteiger partial charge < -0.3 is 5.73 Å². The van der Waals surface area contributed by atoms with E-state index in [1.165, 1.54) is 0 Å². The Hall–Kier alpha value is -1.31. The lowest BCUT2D eigenvalue weighted by molar-refractivity contribution is -0.125. The molecule has 0 bridgehead atoms. The molecule has 0 aromatic heterocycles. The Morgan fingerprint density at radius 3 is 2.31 bits per heavy atom. The largest absolute Gasteiger partial charge is 0.369 e. The van der Waals surface area contributed by atoms with Crippen molar-refractivity contribution in [2.24, 2.45) is 11.1 Å². The zero-order chi connectivity index (χ0) is 9.90. The highest BCUT2D eigenvalue weighted by Gasteiger charge is 2.24. The minimum Gasteiger partial charge on any atom is -0.369 e. The van der Waals surface area contributed by atoms with Gasteiger partial charge in [-0.05, 0) is 12.0 Å². The monoisotopic (exact) mass is 177 g/mol. The molecular weight excluding hydrogens is 162 g/mol. The van der Waals surface area contributed by atoms with E-state index in [0.717, 1.165) is 5.56 Å². The number of benzene rings is 1. The van der Waals surface area contributed by atoms with Gasteiger partial charge in [-0.2, -0.15) is 0 Å². The Labute approximate surface area is 78.8 Å². The van der Waals surface area contributed by atoms with Crippen LogP contribution in [0.15, 0.2) is 30.3 Å². The summed E-state index contributed by atoms with van der Waals surface area (Å²) < 4.78 is 0. The van der Waals surface area contributed by atoms with Crippen LogP contribution in [0.2, 0.25) is 0 Å². The molecule has 0 unspecified atom stereocenters. The van der Waals surface area contributed by atoms with Crippen molar-refractivity contribution in [2.45, 2.75) is 20.3 Å². The highest BCUT2D eigenvalue weighted by Crippen LogP contribution is 2.20. The van der Waals surface area contributed by atoms with E-state index in [0.29, 0.717) is 6.42 Å². The zero-order valence-electron chi connectivity index (χ0n) is 8.08. The van der Waals surface area contributed by atoms with Gasteiger partial charge in [0.1, 0.15) is 0 Å². The molecule has 1 amide bonds. The second-order valence-corrected chi connectivity index (χ2v) is 3.91. The number of hydrogen-bond acceptors (Lipinski definition) is 1. The molecule has 2 heteroatoms. The lowest BCUT2D eigenvalue weighted by Gasteiger charge is -2.19. The third-order valence-electron chi connectivity index (χ3n) is 2.16. The summed E-state index contributed by atoms with van der Waals surface area (Å²) in [5.41, 5.74) is 5.97. The van der Waals surface area contributed by atoms with E-state index in [1.807, 2.05) is 44.2 Å². The SMILES string of the molecule is CC(C)(Cc1ccccc1)C(N)=O. The second-order valence-electron chi connectivity index (χ2n) is 3.91. The number of rotatable bonds is 3. The van der Waals surface area contributed by atoms with Crippen LogP contribution in [0.1, 0.15) is 19.4 Å². The smallest absolute Gasteiger partial charge is 0.223 e. The van der Waals surface area contributed by atoms with Gasteiger partial charge in [0.15, 0.2) is 0 Å². The number of amides is 1. The first-order valence-electron chi connectivity index (χ1n) is 4.36. The molecule has 0 aliphatic rings. The number of carbonyl (C=O) groups excluding carboxylic acids is 1. The van der Waals surface area contributed by atoms with Crippen molar-refractivity contribution in [2.75, 3.05) is 0 Å². The predicted molar refractivity (Wildman–Crippen MR) is 53.1 cm³/mol. The molecule has 1 aromatic rings. The fourth-order valence-corrected chi connectivity index (χ4v) is 1.19. The van der Waals surface area contributed by atoms with Gasteiger partial charge in [0.25, 0.3) is 0 Å². The van der Waals surface area contributed by atoms with Gasteiger partial charge in [-0.15, -0.1) is 0 Å². The van der Waals surface area contributed by atoms with Gasteiger partial charge in [0.2, 0.25) is 5.91 Å². The molecule has 0 aliphatic heterocycles. The standard InChI is InChI=1S/C11H15NO/c1-11(2,10(12)13)8-9-6-4-3-5-7-9/h3-7H,8H2,1-2H3,(H2,12,13). The quantitative estimate of drug-likeness (QED) is 0.750. The molecule has 0 saturated heterocycles. The molecule has 0 fully saturated rings. The van der Waals surface area contributed by atoms with Gasteiger partial charge in [0, 0.05) is 5.41 Å². The maximum Gasteiger partial charge on any atom is 0.223 e. The van der Waals surface area contributed by atoms with E-state index in [1.54, 1.807) is 0 Å². The molecule has 0 saturated carbocycles. The minimum atomic E-state index is -0.457. The van der Waals surface area contributed by atoms with Crippen LogP contribution in [0.5, 0.6) is 0 Å². The Bertz CT molecular complexity index is 290. The van der Waals surface area contributed by atoms with E-state index in [9.17, 15) is 4.79 Å². The number of nitrogens with two attached hydrogens (primary N) is 1. The summed E-state index contributed by atoms with van der Waals surface area (Å²) >= 11 is 0. The van der Waals surface area contributed by atoms with Crippen molar-refractivity contribution in [1.29, 1.82) is 0 Å². The summed E-state index contributed by atoms with van der Waals surface area (Å²) in [6.07, 6.45) is 0.698. The summed E-state index contributed by atoms with van der Waals surface area (Å²) in [5, 5.41) is 0. The molecule has 0 atom stereocenters. The Kier molecular flexibility index (Phi) is 2.71. The maximum atomic E-state index is 11.0. The van der Waals surface area contributed by atoms with Crippen molar-refractivity contribution in [3.8, 4) is 0 Å². The summed E-state index contributed by atoms with van der Waals surface area (Å²) in [4.78, 5) is 11.0. The molecule has 1 aromatic carbocycles. The lowest BCUT2D eigenvalue weighted by Crippen LogP contribution is -2.33. The molecule has 0 spiro atoms. The van der Waals surface area contributed by atoms with E-state index in [4.69, 9.17) is 5.73 Å². The molecule has 1 rings (SSSR count). The van der Waals surface area contributed by atoms with Crippen LogP contribution < -0.4 is 5.73 Å². The first-order valence-corrected chi connectivity index (χ1v) is 4.36. The average molecular weight is 177 g/mol. The molecule has 70 valence electrons. The van der Waals surface area contributed by atoms with Gasteiger partial charge in [0.05, 0.1) is 0 Å². The Morgan fingerprint density at radius 2 is 1.85 bits per heavy atom. The fraction of sp³-hybridized carbons (Fsp3) is 0.364. The molecule has 13 heavy (non-hydrogen) atoms. The van der Waals surface area contributed by atoms with Gasteiger partial charge >= 0.3 is 0 Å². The van der Waals surface area contributed by atoms with Gasteiger partial charge in [-0.25, -0.2) is 0 Å². The number of hydrogen-bond donors (Lipinski definition) is 1. The molecule has 2 nitrogen and oxygen atoms in total. The third kappa shape index (κ3) is 2.58. The van der Waals surface area contributed by atoms with Crippen LogP contribution in [0.3, 0.4) is 0 Å². The molecule has 0 heterocycles. The van der Waals surface area contributed by atoms with Crippen LogP contribution in [0.4, 0.5) is 0 Å². The van der Waals surface area contributed by atoms with E-state index >= 15 is 0 Å². The molecular formula is C11H15NO. The maximum absolute atomic E-state index is 11.0. The van der Waals surface area contributed by atoms with Crippen molar-refractivity contribution >= 4 is 5.91 Å². The third-order valence-corrected chi connectivity index (χ3v) is 2.16. The highest BCUT2D eigenvalue weighted by molar-refractivity contribution is 5.80. The first kappa shape index (κ1) is 9.78. The molecule has 0 radical (unpaired) electrons. The van der Waals surface area contributed by atoms with Gasteiger partial charge in [-0.3, -0.25) is 4.79 Å². The van der Waals surface area contributed by atoms with Crippen LogP contribution >= 0.6 is 0 Å². The molecule has 0 aliphatic carbocycles. The van der Waals surface area contributed by atoms with E-state index < -0.39 is 5.41 Å². The first-order chi connectivity index (χ1) is 6.02. The van der Waals surface area contributed by atoms with Crippen LogP contribution in [-0.4, -0.2) is 5.91 Å². The summed E-state index contributed by atoms with van der Waals surface area (Å²) in [5.74, 6) is -0.253. The van der Waals surface area contributed by atoms with E-state index in [2.05, 4.69) is 0 Å². The summed E-state index contributed by atoms with van der Waals surface area (Å²) in [6, 6.07) is 9.90. The van der Waals surface area contributed by atoms with Crippen molar-refractivity contribution in [1.82, 2.24) is 0 Å². The lowest BCUT2D eigenvalue weighted by atomic mass is 9.85.